The van der Waals surface area contributed by atoms with Crippen LogP contribution in [0.1, 0.15) is 5.69 Å². The number of rotatable bonds is 0. The van der Waals surface area contributed by atoms with E-state index in [-0.39, 0.29) is 5.28 Å². The summed E-state index contributed by atoms with van der Waals surface area (Å²) in [6.07, 6.45) is 0. The molecule has 0 spiro atoms. The molecule has 9 heavy (non-hydrogen) atoms. The highest BCUT2D eigenvalue weighted by molar-refractivity contribution is 6.28. The fourth-order valence-corrected chi connectivity index (χ4v) is 0.691. The molecule has 0 saturated heterocycles. The van der Waals surface area contributed by atoms with Crippen LogP contribution in [0.4, 0.5) is 5.82 Å². The third-order valence-electron chi connectivity index (χ3n) is 0.772. The highest BCUT2D eigenvalue weighted by Crippen LogP contribution is 2.04. The van der Waals surface area contributed by atoms with Gasteiger partial charge in [-0.3, -0.25) is 0 Å². The number of halogens is 1. The molecule has 47 valence electrons. The molecule has 0 atom stereocenters. The van der Waals surface area contributed by atoms with Crippen molar-refractivity contribution in [3.8, 4) is 0 Å². The summed E-state index contributed by atoms with van der Waals surface area (Å²) >= 11 is 5.41. The van der Waals surface area contributed by atoms with E-state index in [0.29, 0.717) is 11.5 Å². The summed E-state index contributed by atoms with van der Waals surface area (Å²) in [5.41, 5.74) is 5.82. The van der Waals surface area contributed by atoms with Crippen LogP contribution in [0.5, 0.6) is 0 Å². The van der Waals surface area contributed by atoms with E-state index in [9.17, 15) is 0 Å². The zero-order valence-electron chi connectivity index (χ0n) is 4.63. The SMILES string of the molecule is [CH2]c1cc(N)nc(Cl)n1. The minimum absolute atomic E-state index is 0.139. The van der Waals surface area contributed by atoms with Gasteiger partial charge in [-0.15, -0.1) is 0 Å². The zero-order valence-corrected chi connectivity index (χ0v) is 5.39. The second-order valence-corrected chi connectivity index (χ2v) is 1.89. The lowest BCUT2D eigenvalue weighted by Crippen LogP contribution is -1.93. The zero-order chi connectivity index (χ0) is 6.85. The maximum absolute atomic E-state index is 5.41. The topological polar surface area (TPSA) is 51.8 Å². The minimum Gasteiger partial charge on any atom is -0.384 e. The van der Waals surface area contributed by atoms with Gasteiger partial charge in [0.25, 0.3) is 0 Å². The number of nitrogens with two attached hydrogens (primary N) is 1. The number of nitrogen functional groups attached to an aromatic ring is 1. The van der Waals surface area contributed by atoms with Crippen LogP contribution in [-0.4, -0.2) is 9.97 Å². The van der Waals surface area contributed by atoms with Crippen molar-refractivity contribution in [3.63, 3.8) is 0 Å². The molecule has 0 aliphatic rings. The molecule has 0 fully saturated rings. The van der Waals surface area contributed by atoms with E-state index in [1.54, 1.807) is 6.07 Å². The first-order valence-electron chi connectivity index (χ1n) is 2.30. The van der Waals surface area contributed by atoms with Crippen molar-refractivity contribution in [2.45, 2.75) is 0 Å². The molecule has 0 unspecified atom stereocenters. The lowest BCUT2D eigenvalue weighted by Gasteiger charge is -1.93. The van der Waals surface area contributed by atoms with E-state index in [1.807, 2.05) is 0 Å². The molecule has 3 nitrogen and oxygen atoms in total. The van der Waals surface area contributed by atoms with Crippen LogP contribution in [-0.2, 0) is 0 Å². The van der Waals surface area contributed by atoms with Crippen LogP contribution in [0, 0.1) is 6.92 Å². The molecule has 1 rings (SSSR count). The number of aromatic nitrogens is 2. The van der Waals surface area contributed by atoms with E-state index in [4.69, 9.17) is 17.3 Å². The van der Waals surface area contributed by atoms with Gasteiger partial charge in [-0.2, -0.15) is 0 Å². The summed E-state index contributed by atoms with van der Waals surface area (Å²) in [5.74, 6) is 0.347. The Morgan fingerprint density at radius 1 is 1.56 bits per heavy atom. The third kappa shape index (κ3) is 1.54. The molecular weight excluding hydrogens is 138 g/mol. The standard InChI is InChI=1S/C5H5ClN3/c1-3-2-4(7)9-5(6)8-3/h2H,1H2,(H2,7,8,9). The van der Waals surface area contributed by atoms with Gasteiger partial charge in [0, 0.05) is 11.8 Å². The summed E-state index contributed by atoms with van der Waals surface area (Å²) in [4.78, 5) is 7.32. The number of nitrogens with zero attached hydrogens (tertiary/aromatic N) is 2. The van der Waals surface area contributed by atoms with Crippen molar-refractivity contribution in [1.29, 1.82) is 0 Å². The van der Waals surface area contributed by atoms with E-state index >= 15 is 0 Å². The van der Waals surface area contributed by atoms with Crippen molar-refractivity contribution in [2.24, 2.45) is 0 Å². The van der Waals surface area contributed by atoms with E-state index in [1.165, 1.54) is 0 Å². The van der Waals surface area contributed by atoms with Gasteiger partial charge in [-0.25, -0.2) is 9.97 Å². The fourth-order valence-electron chi connectivity index (χ4n) is 0.485. The maximum atomic E-state index is 5.41. The van der Waals surface area contributed by atoms with Crippen LogP contribution >= 0.6 is 11.6 Å². The molecule has 0 bridgehead atoms. The number of anilines is 1. The first kappa shape index (κ1) is 6.29. The van der Waals surface area contributed by atoms with Gasteiger partial charge in [-0.1, -0.05) is 0 Å². The summed E-state index contributed by atoms with van der Waals surface area (Å²) in [7, 11) is 0. The van der Waals surface area contributed by atoms with Gasteiger partial charge >= 0.3 is 0 Å². The van der Waals surface area contributed by atoms with Gasteiger partial charge in [0.05, 0.1) is 0 Å². The molecule has 1 radical (unpaired) electrons. The Morgan fingerprint density at radius 3 is 2.67 bits per heavy atom. The smallest absolute Gasteiger partial charge is 0.224 e. The van der Waals surface area contributed by atoms with Crippen LogP contribution in [0.15, 0.2) is 6.07 Å². The van der Waals surface area contributed by atoms with Crippen molar-refractivity contribution in [2.75, 3.05) is 5.73 Å². The van der Waals surface area contributed by atoms with E-state index in [0.717, 1.165) is 0 Å². The maximum Gasteiger partial charge on any atom is 0.224 e. The van der Waals surface area contributed by atoms with Crippen molar-refractivity contribution in [3.05, 3.63) is 24.0 Å². The molecule has 1 heterocycles. The van der Waals surface area contributed by atoms with Crippen molar-refractivity contribution < 1.29 is 0 Å². The van der Waals surface area contributed by atoms with Crippen molar-refractivity contribution >= 4 is 17.4 Å². The van der Waals surface area contributed by atoms with E-state index < -0.39 is 0 Å². The lowest BCUT2D eigenvalue weighted by molar-refractivity contribution is 1.15. The Hall–Kier alpha value is -0.830. The van der Waals surface area contributed by atoms with Crippen LogP contribution < -0.4 is 5.73 Å². The lowest BCUT2D eigenvalue weighted by atomic mass is 10.4. The molecule has 2 N–H and O–H groups in total. The van der Waals surface area contributed by atoms with Gasteiger partial charge in [0.15, 0.2) is 0 Å². The molecule has 0 aliphatic carbocycles. The Bertz CT molecular complexity index is 173. The minimum atomic E-state index is 0.139. The predicted octanol–water partition coefficient (Wildman–Crippen LogP) is 0.894. The average molecular weight is 143 g/mol. The van der Waals surface area contributed by atoms with Gasteiger partial charge in [-0.05, 0) is 18.5 Å². The second-order valence-electron chi connectivity index (χ2n) is 1.55. The van der Waals surface area contributed by atoms with Crippen molar-refractivity contribution in [1.82, 2.24) is 9.97 Å². The highest BCUT2D eigenvalue weighted by Gasteiger charge is 1.93. The van der Waals surface area contributed by atoms with E-state index in [2.05, 4.69) is 16.9 Å². The highest BCUT2D eigenvalue weighted by atomic mass is 35.5. The quantitative estimate of drug-likeness (QED) is 0.548. The van der Waals surface area contributed by atoms with Crippen LogP contribution in [0.25, 0.3) is 0 Å². The average Bonchev–Trinajstić information content (AvgIpc) is 1.59. The molecule has 0 amide bonds. The Labute approximate surface area is 57.9 Å². The number of hydrogen-bond donors (Lipinski definition) is 1. The molecular formula is C5H5ClN3. The molecule has 0 aliphatic heterocycles. The molecule has 0 saturated carbocycles. The largest absolute Gasteiger partial charge is 0.384 e. The molecule has 1 aromatic rings. The van der Waals surface area contributed by atoms with Crippen LogP contribution in [0.3, 0.4) is 0 Å². The first-order chi connectivity index (χ1) is 4.18. The normalized spacial score (nSPS) is 9.56. The Kier molecular flexibility index (Phi) is 1.53. The summed E-state index contributed by atoms with van der Waals surface area (Å²) in [5, 5.41) is 0.139. The Balaban J connectivity index is 3.17. The fraction of sp³-hybridized carbons (Fsp3) is 0. The first-order valence-corrected chi connectivity index (χ1v) is 2.68. The second kappa shape index (κ2) is 2.19. The summed E-state index contributed by atoms with van der Waals surface area (Å²) < 4.78 is 0. The number of hydrogen-bond acceptors (Lipinski definition) is 3. The molecule has 4 heteroatoms. The van der Waals surface area contributed by atoms with Gasteiger partial charge < -0.3 is 5.73 Å². The monoisotopic (exact) mass is 142 g/mol. The summed E-state index contributed by atoms with van der Waals surface area (Å²) in [6.45, 7) is 3.53. The van der Waals surface area contributed by atoms with Crippen LogP contribution in [0.2, 0.25) is 5.28 Å². The van der Waals surface area contributed by atoms with Gasteiger partial charge in [0.1, 0.15) is 5.82 Å². The Morgan fingerprint density at radius 2 is 2.22 bits per heavy atom. The summed E-state index contributed by atoms with van der Waals surface area (Å²) in [6, 6.07) is 1.55. The predicted molar refractivity (Wildman–Crippen MR) is 35.9 cm³/mol. The molecule has 1 aromatic heterocycles. The molecule has 0 aromatic carbocycles. The third-order valence-corrected chi connectivity index (χ3v) is 0.941. The van der Waals surface area contributed by atoms with Gasteiger partial charge in [0.2, 0.25) is 5.28 Å².